The molecule has 0 aliphatic heterocycles. The highest BCUT2D eigenvalue weighted by Gasteiger charge is 2.20. The van der Waals surface area contributed by atoms with Crippen LogP contribution in [0, 0.1) is 13.8 Å². The van der Waals surface area contributed by atoms with E-state index >= 15 is 0 Å². The number of anilines is 1. The quantitative estimate of drug-likeness (QED) is 0.492. The van der Waals surface area contributed by atoms with Gasteiger partial charge in [-0.1, -0.05) is 48.5 Å². The molecule has 1 amide bonds. The van der Waals surface area contributed by atoms with Crippen molar-refractivity contribution in [2.24, 2.45) is 0 Å². The van der Waals surface area contributed by atoms with Gasteiger partial charge in [0.15, 0.2) is 5.13 Å². The Morgan fingerprint density at radius 3 is 2.69 bits per heavy atom. The van der Waals surface area contributed by atoms with Crippen LogP contribution in [0.25, 0.3) is 11.3 Å². The van der Waals surface area contributed by atoms with E-state index in [2.05, 4.69) is 39.3 Å². The number of hydrogen-bond acceptors (Lipinski definition) is 6. The monoisotopic (exact) mass is 384 g/mol. The number of aromatic nitrogens is 3. The molecule has 0 saturated heterocycles. The Hall–Kier alpha value is -2.25. The van der Waals surface area contributed by atoms with Crippen molar-refractivity contribution in [2.45, 2.75) is 37.5 Å². The lowest BCUT2D eigenvalue weighted by atomic mass is 10.1. The summed E-state index contributed by atoms with van der Waals surface area (Å²) in [4.78, 5) is 25.5. The maximum absolute atomic E-state index is 12.6. The first-order chi connectivity index (χ1) is 12.5. The van der Waals surface area contributed by atoms with Gasteiger partial charge >= 0.3 is 0 Å². The molecule has 0 bridgehead atoms. The minimum absolute atomic E-state index is 0.0569. The highest BCUT2D eigenvalue weighted by atomic mass is 32.2. The second-order valence-electron chi connectivity index (χ2n) is 5.91. The Labute approximate surface area is 161 Å². The van der Waals surface area contributed by atoms with Gasteiger partial charge < -0.3 is 5.32 Å². The van der Waals surface area contributed by atoms with Gasteiger partial charge in [0.2, 0.25) is 5.91 Å². The molecule has 5 nitrogen and oxygen atoms in total. The van der Waals surface area contributed by atoms with Gasteiger partial charge in [-0.25, -0.2) is 15.0 Å². The van der Waals surface area contributed by atoms with Crippen molar-refractivity contribution in [3.05, 3.63) is 53.3 Å². The summed E-state index contributed by atoms with van der Waals surface area (Å²) >= 11 is 2.88. The summed E-state index contributed by atoms with van der Waals surface area (Å²) in [6.07, 6.45) is 2.23. The molecule has 0 spiro atoms. The van der Waals surface area contributed by atoms with E-state index in [4.69, 9.17) is 0 Å². The molecule has 0 aliphatic carbocycles. The third-order valence-electron chi connectivity index (χ3n) is 3.79. The molecule has 1 N–H and O–H groups in total. The molecule has 1 aromatic carbocycles. The highest BCUT2D eigenvalue weighted by molar-refractivity contribution is 8.00. The number of nitrogens with zero attached hydrogens (tertiary/aromatic N) is 3. The van der Waals surface area contributed by atoms with Crippen molar-refractivity contribution in [3.63, 3.8) is 0 Å². The number of carbonyl (C=O) groups excluding carboxylic acids is 1. The Bertz CT molecular complexity index is 893. The summed E-state index contributed by atoms with van der Waals surface area (Å²) in [5.74, 6) is -0.0569. The van der Waals surface area contributed by atoms with Crippen molar-refractivity contribution in [1.82, 2.24) is 15.0 Å². The largest absolute Gasteiger partial charge is 0.301 e. The third kappa shape index (κ3) is 4.68. The average Bonchev–Trinajstić information content (AvgIpc) is 3.08. The van der Waals surface area contributed by atoms with Crippen molar-refractivity contribution in [1.29, 1.82) is 0 Å². The van der Waals surface area contributed by atoms with Gasteiger partial charge in [0.1, 0.15) is 11.4 Å². The van der Waals surface area contributed by atoms with Gasteiger partial charge in [0.05, 0.1) is 10.9 Å². The van der Waals surface area contributed by atoms with Gasteiger partial charge in [-0.3, -0.25) is 4.79 Å². The smallest absolute Gasteiger partial charge is 0.239 e. The van der Waals surface area contributed by atoms with Crippen LogP contribution >= 0.6 is 23.1 Å². The van der Waals surface area contributed by atoms with Crippen LogP contribution in [0.2, 0.25) is 0 Å². The van der Waals surface area contributed by atoms with Crippen molar-refractivity contribution in [2.75, 3.05) is 5.32 Å². The topological polar surface area (TPSA) is 67.8 Å². The molecule has 7 heteroatoms. The van der Waals surface area contributed by atoms with E-state index in [1.807, 2.05) is 37.4 Å². The van der Waals surface area contributed by atoms with Crippen LogP contribution in [-0.2, 0) is 4.79 Å². The molecule has 2 aromatic heterocycles. The van der Waals surface area contributed by atoms with Crippen LogP contribution in [0.1, 0.15) is 24.6 Å². The van der Waals surface area contributed by atoms with E-state index < -0.39 is 0 Å². The molecule has 134 valence electrons. The maximum Gasteiger partial charge on any atom is 0.239 e. The number of thioether (sulfide) groups is 1. The Balaban J connectivity index is 1.67. The first-order valence-electron chi connectivity index (χ1n) is 8.34. The van der Waals surface area contributed by atoms with Crippen LogP contribution in [0.3, 0.4) is 0 Å². The Morgan fingerprint density at radius 2 is 2.00 bits per heavy atom. The number of thiazole rings is 1. The summed E-state index contributed by atoms with van der Waals surface area (Å²) in [5, 5.41) is 6.09. The number of nitrogens with one attached hydrogen (secondary N) is 1. The molecule has 26 heavy (non-hydrogen) atoms. The Morgan fingerprint density at radius 1 is 1.23 bits per heavy atom. The normalized spacial score (nSPS) is 12.0. The number of rotatable bonds is 6. The number of hydrogen-bond donors (Lipinski definition) is 1. The summed E-state index contributed by atoms with van der Waals surface area (Å²) in [6, 6.07) is 10.1. The van der Waals surface area contributed by atoms with Gasteiger partial charge in [-0.15, -0.1) is 11.3 Å². The molecule has 3 aromatic rings. The zero-order chi connectivity index (χ0) is 18.5. The summed E-state index contributed by atoms with van der Waals surface area (Å²) in [6.45, 7) is 5.96. The highest BCUT2D eigenvalue weighted by Crippen LogP contribution is 2.28. The van der Waals surface area contributed by atoms with E-state index in [1.165, 1.54) is 35.0 Å². The number of carbonyl (C=O) groups is 1. The summed E-state index contributed by atoms with van der Waals surface area (Å²) in [5.41, 5.74) is 4.02. The fourth-order valence-electron chi connectivity index (χ4n) is 2.34. The minimum Gasteiger partial charge on any atom is -0.301 e. The zero-order valence-corrected chi connectivity index (χ0v) is 16.5. The van der Waals surface area contributed by atoms with E-state index in [1.54, 1.807) is 0 Å². The minimum atomic E-state index is -0.226. The van der Waals surface area contributed by atoms with E-state index in [-0.39, 0.29) is 11.2 Å². The lowest BCUT2D eigenvalue weighted by Gasteiger charge is -2.12. The van der Waals surface area contributed by atoms with Crippen molar-refractivity contribution >= 4 is 34.1 Å². The van der Waals surface area contributed by atoms with Crippen LogP contribution in [0.15, 0.2) is 47.1 Å². The molecular formula is C19H20N4OS2. The lowest BCUT2D eigenvalue weighted by molar-refractivity contribution is -0.115. The van der Waals surface area contributed by atoms with Gasteiger partial charge in [0.25, 0.3) is 0 Å². The molecule has 1 unspecified atom stereocenters. The predicted molar refractivity (Wildman–Crippen MR) is 108 cm³/mol. The summed E-state index contributed by atoms with van der Waals surface area (Å²) < 4.78 is 0. The van der Waals surface area contributed by atoms with Gasteiger partial charge in [-0.2, -0.15) is 0 Å². The van der Waals surface area contributed by atoms with Crippen LogP contribution in [0.5, 0.6) is 0 Å². The molecule has 0 aliphatic rings. The fourth-order valence-corrected chi connectivity index (χ4v) is 4.03. The molecule has 0 fully saturated rings. The second-order valence-corrected chi connectivity index (χ2v) is 7.99. The van der Waals surface area contributed by atoms with Gasteiger partial charge in [-0.05, 0) is 26.3 Å². The molecular weight excluding hydrogens is 364 g/mol. The molecule has 3 rings (SSSR count). The maximum atomic E-state index is 12.6. The standard InChI is InChI=1S/C19H20N4OS2/c1-4-16(26-17-9-13(3)20-11-21-17)18(24)23-19-22-15(10-25-19)14-7-5-12(2)6-8-14/h5-11,16H,4H2,1-3H3,(H,22,23,24). The molecule has 0 radical (unpaired) electrons. The molecule has 0 saturated carbocycles. The number of amides is 1. The SMILES string of the molecule is CCC(Sc1cc(C)ncn1)C(=O)Nc1nc(-c2ccc(C)cc2)cs1. The fraction of sp³-hybridized carbons (Fsp3) is 0.263. The van der Waals surface area contributed by atoms with Crippen molar-refractivity contribution < 1.29 is 4.79 Å². The first-order valence-corrected chi connectivity index (χ1v) is 10.1. The summed E-state index contributed by atoms with van der Waals surface area (Å²) in [7, 11) is 0. The first kappa shape index (κ1) is 18.5. The number of aryl methyl sites for hydroxylation is 2. The van der Waals surface area contributed by atoms with E-state index in [0.717, 1.165) is 22.0 Å². The molecule has 1 atom stereocenters. The number of benzene rings is 1. The van der Waals surface area contributed by atoms with Crippen molar-refractivity contribution in [3.8, 4) is 11.3 Å². The van der Waals surface area contributed by atoms with E-state index in [0.29, 0.717) is 11.6 Å². The van der Waals surface area contributed by atoms with Crippen LogP contribution in [-0.4, -0.2) is 26.1 Å². The van der Waals surface area contributed by atoms with Crippen LogP contribution < -0.4 is 5.32 Å². The van der Waals surface area contributed by atoms with Gasteiger partial charge in [0, 0.05) is 16.6 Å². The third-order valence-corrected chi connectivity index (χ3v) is 5.84. The molecule has 2 heterocycles. The Kier molecular flexibility index (Phi) is 6.00. The van der Waals surface area contributed by atoms with E-state index in [9.17, 15) is 4.79 Å². The zero-order valence-electron chi connectivity index (χ0n) is 14.9. The van der Waals surface area contributed by atoms with Crippen LogP contribution in [0.4, 0.5) is 5.13 Å². The average molecular weight is 385 g/mol. The second kappa shape index (κ2) is 8.42. The lowest BCUT2D eigenvalue weighted by Crippen LogP contribution is -2.24. The predicted octanol–water partition coefficient (Wildman–Crippen LogP) is 4.73.